The quantitative estimate of drug-likeness (QED) is 0.401. The SMILES string of the molecule is O=C(Nc1cc(Cl)ccc1Cl)C(=Cc1ccc2c(c1)OCO2)NC(=O)c1ccccc1Br. The summed E-state index contributed by atoms with van der Waals surface area (Å²) in [5, 5.41) is 6.08. The van der Waals surface area contributed by atoms with Gasteiger partial charge in [0.1, 0.15) is 5.70 Å². The third-order valence-electron chi connectivity index (χ3n) is 4.50. The molecule has 0 aliphatic carbocycles. The highest BCUT2D eigenvalue weighted by Crippen LogP contribution is 2.33. The van der Waals surface area contributed by atoms with Crippen molar-refractivity contribution in [2.45, 2.75) is 0 Å². The molecule has 32 heavy (non-hydrogen) atoms. The number of rotatable bonds is 5. The highest BCUT2D eigenvalue weighted by atomic mass is 79.9. The molecule has 0 unspecified atom stereocenters. The Labute approximate surface area is 202 Å². The van der Waals surface area contributed by atoms with Crippen molar-refractivity contribution >= 4 is 62.7 Å². The van der Waals surface area contributed by atoms with Gasteiger partial charge < -0.3 is 20.1 Å². The minimum absolute atomic E-state index is 0.000612. The summed E-state index contributed by atoms with van der Waals surface area (Å²) in [6, 6.07) is 16.8. The Morgan fingerprint density at radius 3 is 2.56 bits per heavy atom. The molecule has 0 atom stereocenters. The molecule has 0 radical (unpaired) electrons. The number of fused-ring (bicyclic) bond motifs is 1. The van der Waals surface area contributed by atoms with Crippen LogP contribution in [0.5, 0.6) is 11.5 Å². The van der Waals surface area contributed by atoms with Crippen molar-refractivity contribution in [3.63, 3.8) is 0 Å². The highest BCUT2D eigenvalue weighted by Gasteiger charge is 2.19. The Kier molecular flexibility index (Phi) is 6.69. The lowest BCUT2D eigenvalue weighted by Crippen LogP contribution is -2.31. The van der Waals surface area contributed by atoms with Gasteiger partial charge in [0.05, 0.1) is 16.3 Å². The number of hydrogen-bond acceptors (Lipinski definition) is 4. The molecule has 0 aromatic heterocycles. The summed E-state index contributed by atoms with van der Waals surface area (Å²) in [6.07, 6.45) is 1.53. The average Bonchev–Trinajstić information content (AvgIpc) is 3.24. The van der Waals surface area contributed by atoms with Crippen LogP contribution < -0.4 is 20.1 Å². The number of carbonyl (C=O) groups excluding carboxylic acids is 2. The van der Waals surface area contributed by atoms with Gasteiger partial charge in [0, 0.05) is 9.50 Å². The first-order chi connectivity index (χ1) is 15.4. The van der Waals surface area contributed by atoms with Crippen LogP contribution >= 0.6 is 39.1 Å². The van der Waals surface area contributed by atoms with Crippen LogP contribution in [0.25, 0.3) is 6.08 Å². The molecule has 3 aromatic rings. The molecular weight excluding hydrogens is 519 g/mol. The Morgan fingerprint density at radius 2 is 1.75 bits per heavy atom. The summed E-state index contributed by atoms with van der Waals surface area (Å²) < 4.78 is 11.3. The average molecular weight is 534 g/mol. The summed E-state index contributed by atoms with van der Waals surface area (Å²) >= 11 is 15.5. The maximum Gasteiger partial charge on any atom is 0.272 e. The Balaban J connectivity index is 1.67. The second-order valence-electron chi connectivity index (χ2n) is 6.68. The van der Waals surface area contributed by atoms with Gasteiger partial charge in [0.25, 0.3) is 11.8 Å². The molecule has 3 aromatic carbocycles. The number of ether oxygens (including phenoxy) is 2. The number of anilines is 1. The maximum atomic E-state index is 13.1. The molecule has 0 saturated carbocycles. The van der Waals surface area contributed by atoms with Gasteiger partial charge in [-0.1, -0.05) is 41.4 Å². The minimum atomic E-state index is -0.577. The fourth-order valence-electron chi connectivity index (χ4n) is 2.95. The molecule has 0 bridgehead atoms. The lowest BCUT2D eigenvalue weighted by atomic mass is 10.1. The molecule has 9 heteroatoms. The predicted octanol–water partition coefficient (Wildman–Crippen LogP) is 5.89. The van der Waals surface area contributed by atoms with E-state index in [0.717, 1.165) is 0 Å². The number of benzene rings is 3. The fraction of sp³-hybridized carbons (Fsp3) is 0.0435. The molecule has 0 spiro atoms. The van der Waals surface area contributed by atoms with Crippen LogP contribution in [0.3, 0.4) is 0 Å². The van der Waals surface area contributed by atoms with Gasteiger partial charge in [-0.15, -0.1) is 0 Å². The zero-order valence-corrected chi connectivity index (χ0v) is 19.4. The first-order valence-corrected chi connectivity index (χ1v) is 10.9. The normalized spacial score (nSPS) is 12.4. The largest absolute Gasteiger partial charge is 0.454 e. The second kappa shape index (κ2) is 9.65. The molecular formula is C23H15BrCl2N2O4. The van der Waals surface area contributed by atoms with Gasteiger partial charge in [-0.25, -0.2) is 0 Å². The summed E-state index contributed by atoms with van der Waals surface area (Å²) in [4.78, 5) is 26.0. The van der Waals surface area contributed by atoms with Crippen LogP contribution in [0.15, 0.2) is 70.8 Å². The van der Waals surface area contributed by atoms with E-state index in [1.165, 1.54) is 12.1 Å². The smallest absolute Gasteiger partial charge is 0.272 e. The van der Waals surface area contributed by atoms with Crippen LogP contribution in [-0.2, 0) is 4.79 Å². The topological polar surface area (TPSA) is 76.7 Å². The van der Waals surface area contributed by atoms with E-state index in [4.69, 9.17) is 32.7 Å². The predicted molar refractivity (Wildman–Crippen MR) is 127 cm³/mol. The highest BCUT2D eigenvalue weighted by molar-refractivity contribution is 9.10. The molecule has 2 N–H and O–H groups in total. The second-order valence-corrected chi connectivity index (χ2v) is 8.38. The molecule has 0 saturated heterocycles. The van der Waals surface area contributed by atoms with Crippen molar-refractivity contribution in [2.75, 3.05) is 12.1 Å². The minimum Gasteiger partial charge on any atom is -0.454 e. The Hall–Kier alpha value is -3.00. The fourth-order valence-corrected chi connectivity index (χ4v) is 3.75. The number of nitrogens with one attached hydrogen (secondary N) is 2. The summed E-state index contributed by atoms with van der Waals surface area (Å²) in [5.74, 6) is 0.119. The van der Waals surface area contributed by atoms with Gasteiger partial charge in [0.2, 0.25) is 6.79 Å². The molecule has 1 heterocycles. The third kappa shape index (κ3) is 5.07. The lowest BCUT2D eigenvalue weighted by Gasteiger charge is -2.13. The Morgan fingerprint density at radius 1 is 0.969 bits per heavy atom. The summed E-state index contributed by atoms with van der Waals surface area (Å²) in [5.41, 5.74) is 1.32. The molecule has 0 fully saturated rings. The molecule has 4 rings (SSSR count). The van der Waals surface area contributed by atoms with E-state index in [2.05, 4.69) is 26.6 Å². The summed E-state index contributed by atoms with van der Waals surface area (Å²) in [7, 11) is 0. The third-order valence-corrected chi connectivity index (χ3v) is 5.75. The maximum absolute atomic E-state index is 13.1. The van der Waals surface area contributed by atoms with Crippen LogP contribution in [0, 0.1) is 0 Å². The number of hydrogen-bond donors (Lipinski definition) is 2. The first-order valence-electron chi connectivity index (χ1n) is 9.34. The lowest BCUT2D eigenvalue weighted by molar-refractivity contribution is -0.113. The first kappa shape index (κ1) is 22.2. The number of amides is 2. The van der Waals surface area contributed by atoms with Crippen molar-refractivity contribution in [2.24, 2.45) is 0 Å². The van der Waals surface area contributed by atoms with Crippen molar-refractivity contribution < 1.29 is 19.1 Å². The van der Waals surface area contributed by atoms with E-state index in [1.807, 2.05) is 0 Å². The van der Waals surface area contributed by atoms with E-state index in [0.29, 0.717) is 42.8 Å². The zero-order chi connectivity index (χ0) is 22.7. The van der Waals surface area contributed by atoms with Crippen LogP contribution in [0.1, 0.15) is 15.9 Å². The van der Waals surface area contributed by atoms with Crippen molar-refractivity contribution in [3.8, 4) is 11.5 Å². The van der Waals surface area contributed by atoms with Gasteiger partial charge in [0.15, 0.2) is 11.5 Å². The van der Waals surface area contributed by atoms with Crippen LogP contribution in [0.2, 0.25) is 10.0 Å². The van der Waals surface area contributed by atoms with Crippen molar-refractivity contribution in [1.29, 1.82) is 0 Å². The van der Waals surface area contributed by atoms with E-state index in [-0.39, 0.29) is 12.5 Å². The zero-order valence-electron chi connectivity index (χ0n) is 16.3. The standard InChI is InChI=1S/C23H15BrCl2N2O4/c24-16-4-2-1-3-15(16)22(29)28-19(9-13-5-8-20-21(10-13)32-12-31-20)23(30)27-18-11-14(25)6-7-17(18)26/h1-11H,12H2,(H,27,30)(H,28,29). The van der Waals surface area contributed by atoms with Gasteiger partial charge in [-0.2, -0.15) is 0 Å². The van der Waals surface area contributed by atoms with Crippen LogP contribution in [-0.4, -0.2) is 18.6 Å². The van der Waals surface area contributed by atoms with E-state index in [9.17, 15) is 9.59 Å². The van der Waals surface area contributed by atoms with E-state index in [1.54, 1.807) is 54.6 Å². The number of halogens is 3. The number of carbonyl (C=O) groups is 2. The molecule has 1 aliphatic heterocycles. The van der Waals surface area contributed by atoms with Crippen molar-refractivity contribution in [3.05, 3.63) is 92.0 Å². The molecule has 2 amide bonds. The molecule has 162 valence electrons. The Bertz CT molecular complexity index is 1250. The van der Waals surface area contributed by atoms with Gasteiger partial charge >= 0.3 is 0 Å². The molecule has 6 nitrogen and oxygen atoms in total. The summed E-state index contributed by atoms with van der Waals surface area (Å²) in [6.45, 7) is 0.127. The monoisotopic (exact) mass is 532 g/mol. The molecule has 1 aliphatic rings. The van der Waals surface area contributed by atoms with Crippen molar-refractivity contribution in [1.82, 2.24) is 5.32 Å². The van der Waals surface area contributed by atoms with Gasteiger partial charge in [-0.3, -0.25) is 9.59 Å². The van der Waals surface area contributed by atoms with Crippen LogP contribution in [0.4, 0.5) is 5.69 Å². The van der Waals surface area contributed by atoms with E-state index < -0.39 is 11.8 Å². The van der Waals surface area contributed by atoms with E-state index >= 15 is 0 Å². The van der Waals surface area contributed by atoms with Gasteiger partial charge in [-0.05, 0) is 70.0 Å².